The minimum Gasteiger partial charge on any atom is -0.394 e. The first-order valence-electron chi connectivity index (χ1n) is 7.45. The summed E-state index contributed by atoms with van der Waals surface area (Å²) in [6.07, 6.45) is 2.93. The molecule has 1 aliphatic heterocycles. The quantitative estimate of drug-likeness (QED) is 0.870. The maximum absolute atomic E-state index is 13.5. The number of hydrogen-bond acceptors (Lipinski definition) is 3. The summed E-state index contributed by atoms with van der Waals surface area (Å²) in [7, 11) is 0. The lowest BCUT2D eigenvalue weighted by Crippen LogP contribution is -2.51. The third-order valence-corrected chi connectivity index (χ3v) is 4.11. The Balaban J connectivity index is 2.05. The van der Waals surface area contributed by atoms with Crippen LogP contribution in [-0.2, 0) is 0 Å². The van der Waals surface area contributed by atoms with Crippen molar-refractivity contribution >= 4 is 5.69 Å². The summed E-state index contributed by atoms with van der Waals surface area (Å²) in [5, 5.41) is 13.2. The third-order valence-electron chi connectivity index (χ3n) is 4.11. The van der Waals surface area contributed by atoms with Crippen LogP contribution in [0.5, 0.6) is 0 Å². The fourth-order valence-electron chi connectivity index (χ4n) is 2.96. The molecule has 4 heteroatoms. The number of nitrogens with zero attached hydrogens (tertiary/aromatic N) is 1. The minimum atomic E-state index is -0.315. The van der Waals surface area contributed by atoms with Gasteiger partial charge in [-0.25, -0.2) is 4.39 Å². The van der Waals surface area contributed by atoms with Crippen LogP contribution in [0.1, 0.15) is 31.7 Å². The van der Waals surface area contributed by atoms with Crippen LogP contribution in [0.3, 0.4) is 0 Å². The predicted octanol–water partition coefficient (Wildman–Crippen LogP) is 2.78. The Morgan fingerprint density at radius 1 is 1.30 bits per heavy atom. The average molecular weight is 280 g/mol. The Labute approximate surface area is 120 Å². The molecule has 1 heterocycles. The van der Waals surface area contributed by atoms with Crippen LogP contribution >= 0.6 is 0 Å². The molecule has 0 spiro atoms. The van der Waals surface area contributed by atoms with Crippen molar-refractivity contribution in [1.29, 1.82) is 0 Å². The van der Waals surface area contributed by atoms with Crippen LogP contribution in [0.25, 0.3) is 0 Å². The Hall–Kier alpha value is -1.13. The topological polar surface area (TPSA) is 35.5 Å². The Bertz CT molecular complexity index is 422. The molecule has 2 N–H and O–H groups in total. The first-order valence-corrected chi connectivity index (χ1v) is 7.45. The number of piperidine rings is 1. The summed E-state index contributed by atoms with van der Waals surface area (Å²) >= 11 is 0. The van der Waals surface area contributed by atoms with Crippen molar-refractivity contribution < 1.29 is 9.50 Å². The van der Waals surface area contributed by atoms with Crippen LogP contribution in [0.4, 0.5) is 10.1 Å². The zero-order valence-electron chi connectivity index (χ0n) is 12.5. The van der Waals surface area contributed by atoms with Gasteiger partial charge in [0, 0.05) is 18.8 Å². The second-order valence-corrected chi connectivity index (χ2v) is 5.92. The van der Waals surface area contributed by atoms with Crippen molar-refractivity contribution in [2.75, 3.05) is 31.6 Å². The lowest BCUT2D eigenvalue weighted by atomic mass is 9.87. The number of hydrogen-bond donors (Lipinski definition) is 2. The van der Waals surface area contributed by atoms with Gasteiger partial charge in [0.1, 0.15) is 5.82 Å². The molecule has 0 atom stereocenters. The number of nitrogens with one attached hydrogen (secondary N) is 1. The van der Waals surface area contributed by atoms with Crippen molar-refractivity contribution in [3.63, 3.8) is 0 Å². The van der Waals surface area contributed by atoms with E-state index in [2.05, 4.69) is 17.1 Å². The highest BCUT2D eigenvalue weighted by atomic mass is 19.1. The largest absolute Gasteiger partial charge is 0.394 e. The second-order valence-electron chi connectivity index (χ2n) is 5.92. The first-order chi connectivity index (χ1) is 9.57. The molecule has 20 heavy (non-hydrogen) atoms. The highest BCUT2D eigenvalue weighted by molar-refractivity contribution is 5.48. The number of anilines is 1. The van der Waals surface area contributed by atoms with E-state index in [0.717, 1.165) is 50.1 Å². The summed E-state index contributed by atoms with van der Waals surface area (Å²) in [5.74, 6) is -0.232. The monoisotopic (exact) mass is 280 g/mol. The fraction of sp³-hybridized carbons (Fsp3) is 0.625. The van der Waals surface area contributed by atoms with Crippen molar-refractivity contribution in [3.05, 3.63) is 29.6 Å². The van der Waals surface area contributed by atoms with Gasteiger partial charge >= 0.3 is 0 Å². The van der Waals surface area contributed by atoms with Gasteiger partial charge in [-0.05, 0) is 56.5 Å². The maximum Gasteiger partial charge on any atom is 0.125 e. The van der Waals surface area contributed by atoms with E-state index in [1.807, 2.05) is 13.0 Å². The van der Waals surface area contributed by atoms with E-state index in [0.29, 0.717) is 0 Å². The number of halogens is 1. The van der Waals surface area contributed by atoms with Crippen LogP contribution < -0.4 is 5.32 Å². The number of aliphatic hydroxyl groups excluding tert-OH is 1. The van der Waals surface area contributed by atoms with E-state index < -0.39 is 0 Å². The minimum absolute atomic E-state index is 0.0858. The van der Waals surface area contributed by atoms with Crippen molar-refractivity contribution in [1.82, 2.24) is 4.90 Å². The molecule has 0 bridgehead atoms. The normalized spacial score (nSPS) is 19.0. The van der Waals surface area contributed by atoms with Crippen LogP contribution in [0.15, 0.2) is 18.2 Å². The zero-order chi connectivity index (χ0) is 14.6. The smallest absolute Gasteiger partial charge is 0.125 e. The van der Waals surface area contributed by atoms with E-state index in [1.165, 1.54) is 12.1 Å². The summed E-state index contributed by atoms with van der Waals surface area (Å²) < 4.78 is 13.5. The highest BCUT2D eigenvalue weighted by Crippen LogP contribution is 2.27. The Morgan fingerprint density at radius 3 is 2.55 bits per heavy atom. The molecule has 1 saturated heterocycles. The summed E-state index contributed by atoms with van der Waals surface area (Å²) in [6, 6.07) is 4.95. The summed E-state index contributed by atoms with van der Waals surface area (Å²) in [6.45, 7) is 7.22. The molecule has 112 valence electrons. The predicted molar refractivity (Wildman–Crippen MR) is 80.5 cm³/mol. The molecule has 3 nitrogen and oxygen atoms in total. The van der Waals surface area contributed by atoms with Crippen molar-refractivity contribution in [3.8, 4) is 0 Å². The summed E-state index contributed by atoms with van der Waals surface area (Å²) in [4.78, 5) is 2.42. The Kier molecular flexibility index (Phi) is 5.00. The molecule has 0 amide bonds. The molecule has 0 saturated carbocycles. The lowest BCUT2D eigenvalue weighted by Gasteiger charge is -2.42. The van der Waals surface area contributed by atoms with Crippen molar-refractivity contribution in [2.24, 2.45) is 0 Å². The number of aliphatic hydroxyl groups is 1. The zero-order valence-corrected chi connectivity index (χ0v) is 12.5. The van der Waals surface area contributed by atoms with Crippen LogP contribution in [-0.4, -0.2) is 41.8 Å². The Morgan fingerprint density at radius 2 is 2.00 bits per heavy atom. The molecule has 0 aliphatic carbocycles. The number of likely N-dealkylation sites (tertiary alicyclic amines) is 1. The van der Waals surface area contributed by atoms with Gasteiger partial charge in [-0.1, -0.05) is 6.92 Å². The van der Waals surface area contributed by atoms with E-state index in [9.17, 15) is 9.50 Å². The third kappa shape index (κ3) is 3.70. The molecule has 2 rings (SSSR count). The van der Waals surface area contributed by atoms with Gasteiger partial charge in [-0.2, -0.15) is 0 Å². The fourth-order valence-corrected chi connectivity index (χ4v) is 2.96. The highest BCUT2D eigenvalue weighted by Gasteiger charge is 2.33. The molecule has 0 unspecified atom stereocenters. The lowest BCUT2D eigenvalue weighted by molar-refractivity contribution is 0.119. The van der Waals surface area contributed by atoms with Gasteiger partial charge in [0.25, 0.3) is 0 Å². The molecule has 0 aromatic heterocycles. The molecular weight excluding hydrogens is 255 g/mol. The van der Waals surface area contributed by atoms with E-state index in [1.54, 1.807) is 0 Å². The second kappa shape index (κ2) is 6.55. The molecule has 0 radical (unpaired) electrons. The van der Waals surface area contributed by atoms with Gasteiger partial charge < -0.3 is 15.3 Å². The van der Waals surface area contributed by atoms with Gasteiger partial charge in [0.05, 0.1) is 12.1 Å². The molecule has 1 aromatic rings. The number of benzene rings is 1. The van der Waals surface area contributed by atoms with Crippen LogP contribution in [0, 0.1) is 12.7 Å². The van der Waals surface area contributed by atoms with Gasteiger partial charge in [-0.3, -0.25) is 0 Å². The van der Waals surface area contributed by atoms with Crippen molar-refractivity contribution in [2.45, 2.75) is 38.6 Å². The van der Waals surface area contributed by atoms with Gasteiger partial charge in [0.15, 0.2) is 0 Å². The molecule has 1 aliphatic rings. The average Bonchev–Trinajstić information content (AvgIpc) is 2.40. The van der Waals surface area contributed by atoms with Crippen LogP contribution in [0.2, 0.25) is 0 Å². The first kappa shape index (κ1) is 15.3. The van der Waals surface area contributed by atoms with E-state index in [4.69, 9.17) is 0 Å². The van der Waals surface area contributed by atoms with Gasteiger partial charge in [0.2, 0.25) is 0 Å². The molecular formula is C16H25FN2O. The van der Waals surface area contributed by atoms with E-state index in [-0.39, 0.29) is 18.0 Å². The summed E-state index contributed by atoms with van der Waals surface area (Å²) in [5.41, 5.74) is 1.34. The molecule has 1 fully saturated rings. The standard InChI is InChI=1S/C16H25FN2O/c1-3-6-19-7-4-16(12-20,5-8-19)18-15-10-13(2)9-14(17)11-15/h9-11,18,20H,3-8,12H2,1-2H3. The number of rotatable bonds is 5. The molecule has 1 aromatic carbocycles. The number of aryl methyl sites for hydroxylation is 1. The van der Waals surface area contributed by atoms with Gasteiger partial charge in [-0.15, -0.1) is 0 Å². The van der Waals surface area contributed by atoms with E-state index >= 15 is 0 Å². The maximum atomic E-state index is 13.5. The SMILES string of the molecule is CCCN1CCC(CO)(Nc2cc(C)cc(F)c2)CC1.